The average Bonchev–Trinajstić information content (AvgIpc) is 2.69. The van der Waals surface area contributed by atoms with Crippen molar-refractivity contribution >= 4 is 49.1 Å². The van der Waals surface area contributed by atoms with Crippen LogP contribution in [0.15, 0.2) is 77.0 Å². The Kier molecular flexibility index (Phi) is 7.94. The van der Waals surface area contributed by atoms with Gasteiger partial charge in [-0.15, -0.1) is 0 Å². The van der Waals surface area contributed by atoms with E-state index in [4.69, 9.17) is 0 Å². The van der Waals surface area contributed by atoms with Gasteiger partial charge >= 0.3 is 5.97 Å². The van der Waals surface area contributed by atoms with Gasteiger partial charge in [-0.25, -0.2) is 14.8 Å². The molecule has 2 heterocycles. The third-order valence-electron chi connectivity index (χ3n) is 3.31. The number of carboxylic acids is 1. The number of rotatable bonds is 9. The first-order valence-electron chi connectivity index (χ1n) is 7.98. The van der Waals surface area contributed by atoms with Crippen molar-refractivity contribution in [2.24, 2.45) is 0 Å². The summed E-state index contributed by atoms with van der Waals surface area (Å²) in [5.74, 6) is 0.531. The third-order valence-corrected chi connectivity index (χ3v) is 7.72. The van der Waals surface area contributed by atoms with E-state index in [-0.39, 0.29) is 0 Å². The van der Waals surface area contributed by atoms with Gasteiger partial charge in [0.2, 0.25) is 0 Å². The molecule has 2 aromatic heterocycles. The van der Waals surface area contributed by atoms with E-state index in [1.54, 1.807) is 67.7 Å². The smallest absolute Gasteiger partial charge is 0.335 e. The van der Waals surface area contributed by atoms with Crippen molar-refractivity contribution in [1.82, 2.24) is 9.97 Å². The van der Waals surface area contributed by atoms with E-state index in [0.29, 0.717) is 17.1 Å². The van der Waals surface area contributed by atoms with Crippen molar-refractivity contribution < 1.29 is 9.90 Å². The molecule has 1 N–H and O–H groups in total. The van der Waals surface area contributed by atoms with E-state index in [0.717, 1.165) is 21.2 Å². The van der Waals surface area contributed by atoms with Crippen LogP contribution in [-0.2, 0) is 11.5 Å². The highest BCUT2D eigenvalue weighted by molar-refractivity contribution is 8.76. The molecule has 0 atom stereocenters. The Morgan fingerprint density at radius 1 is 0.815 bits per heavy atom. The van der Waals surface area contributed by atoms with E-state index in [9.17, 15) is 9.90 Å². The second-order valence-corrected chi connectivity index (χ2v) is 10.0. The Morgan fingerprint density at radius 3 is 1.74 bits per heavy atom. The molecular formula is C19H16N2O2S4. The van der Waals surface area contributed by atoms with Gasteiger partial charge < -0.3 is 5.11 Å². The standard InChI is InChI=1S/C19H16N2O2S4/c22-19(23)16-10-14(12-24-26-17-5-1-3-7-20-17)9-15(11-16)13-25-27-18-6-2-4-8-21-18/h1-11H,12-13H2,(H,22,23). The normalized spacial score (nSPS) is 10.7. The van der Waals surface area contributed by atoms with Crippen molar-refractivity contribution in [1.29, 1.82) is 0 Å². The summed E-state index contributed by atoms with van der Waals surface area (Å²) in [5.41, 5.74) is 2.33. The molecule has 0 aliphatic carbocycles. The lowest BCUT2D eigenvalue weighted by Gasteiger charge is -2.07. The van der Waals surface area contributed by atoms with Crippen LogP contribution in [0, 0.1) is 0 Å². The summed E-state index contributed by atoms with van der Waals surface area (Å²) in [6, 6.07) is 17.2. The molecule has 8 heteroatoms. The molecule has 3 aromatic rings. The molecule has 138 valence electrons. The van der Waals surface area contributed by atoms with E-state index in [1.807, 2.05) is 36.4 Å². The highest BCUT2D eigenvalue weighted by Gasteiger charge is 2.09. The molecular weight excluding hydrogens is 416 g/mol. The topological polar surface area (TPSA) is 63.1 Å². The maximum atomic E-state index is 11.5. The SMILES string of the molecule is O=C(O)c1cc(CSSc2ccccn2)cc(CSSc2ccccn2)c1. The van der Waals surface area contributed by atoms with E-state index in [2.05, 4.69) is 16.0 Å². The lowest BCUT2D eigenvalue weighted by molar-refractivity contribution is 0.0696. The Balaban J connectivity index is 1.60. The number of aromatic nitrogens is 2. The minimum absolute atomic E-state index is 0.328. The molecule has 0 saturated carbocycles. The third kappa shape index (κ3) is 6.80. The van der Waals surface area contributed by atoms with Crippen LogP contribution in [0.1, 0.15) is 21.5 Å². The minimum atomic E-state index is -0.900. The molecule has 0 aliphatic heterocycles. The van der Waals surface area contributed by atoms with Crippen LogP contribution in [0.2, 0.25) is 0 Å². The molecule has 0 saturated heterocycles. The van der Waals surface area contributed by atoms with Crippen LogP contribution in [0.25, 0.3) is 0 Å². The number of hydrogen-bond donors (Lipinski definition) is 1. The number of aromatic carboxylic acids is 1. The molecule has 27 heavy (non-hydrogen) atoms. The Morgan fingerprint density at radius 2 is 1.33 bits per heavy atom. The lowest BCUT2D eigenvalue weighted by Crippen LogP contribution is -1.99. The van der Waals surface area contributed by atoms with Gasteiger partial charge in [0, 0.05) is 23.9 Å². The number of hydrogen-bond acceptors (Lipinski definition) is 7. The number of benzene rings is 1. The average molecular weight is 433 g/mol. The lowest BCUT2D eigenvalue weighted by atomic mass is 10.1. The number of pyridine rings is 2. The number of nitrogens with zero attached hydrogens (tertiary/aromatic N) is 2. The van der Waals surface area contributed by atoms with Crippen molar-refractivity contribution in [3.63, 3.8) is 0 Å². The second-order valence-electron chi connectivity index (χ2n) is 5.37. The summed E-state index contributed by atoms with van der Waals surface area (Å²) in [6.45, 7) is 0. The van der Waals surface area contributed by atoms with E-state index in [1.165, 1.54) is 0 Å². The molecule has 0 aliphatic rings. The first-order valence-corrected chi connectivity index (χ1v) is 12.6. The molecule has 0 amide bonds. The molecule has 1 aromatic carbocycles. The molecule has 0 fully saturated rings. The van der Waals surface area contributed by atoms with Gasteiger partial charge in [-0.05, 0) is 69.1 Å². The van der Waals surface area contributed by atoms with E-state index >= 15 is 0 Å². The largest absolute Gasteiger partial charge is 0.478 e. The molecule has 0 unspecified atom stereocenters. The quantitative estimate of drug-likeness (QED) is 0.410. The monoisotopic (exact) mass is 432 g/mol. The minimum Gasteiger partial charge on any atom is -0.478 e. The summed E-state index contributed by atoms with van der Waals surface area (Å²) in [6.07, 6.45) is 3.53. The summed E-state index contributed by atoms with van der Waals surface area (Å²) in [5, 5.41) is 11.3. The maximum Gasteiger partial charge on any atom is 0.335 e. The first kappa shape index (κ1) is 20.1. The predicted molar refractivity (Wildman–Crippen MR) is 116 cm³/mol. The Bertz CT molecular complexity index is 816. The second kappa shape index (κ2) is 10.7. The number of carboxylic acid groups (broad SMARTS) is 1. The van der Waals surface area contributed by atoms with Gasteiger partial charge in [-0.2, -0.15) is 0 Å². The Hall–Kier alpha value is -1.61. The molecule has 0 spiro atoms. The summed E-state index contributed by atoms with van der Waals surface area (Å²) in [7, 11) is 6.48. The van der Waals surface area contributed by atoms with Crippen molar-refractivity contribution in [2.75, 3.05) is 0 Å². The van der Waals surface area contributed by atoms with Crippen LogP contribution in [0.3, 0.4) is 0 Å². The zero-order valence-corrected chi connectivity index (χ0v) is 17.4. The highest BCUT2D eigenvalue weighted by atomic mass is 33.1. The van der Waals surface area contributed by atoms with Gasteiger partial charge in [-0.1, -0.05) is 39.8 Å². The zero-order chi connectivity index (χ0) is 18.9. The van der Waals surface area contributed by atoms with Crippen molar-refractivity contribution in [3.05, 3.63) is 83.7 Å². The van der Waals surface area contributed by atoms with Crippen LogP contribution in [0.4, 0.5) is 0 Å². The summed E-state index contributed by atoms with van der Waals surface area (Å²) >= 11 is 0. The summed E-state index contributed by atoms with van der Waals surface area (Å²) in [4.78, 5) is 20.0. The van der Waals surface area contributed by atoms with Gasteiger partial charge in [0.25, 0.3) is 0 Å². The fourth-order valence-electron chi connectivity index (χ4n) is 2.16. The highest BCUT2D eigenvalue weighted by Crippen LogP contribution is 2.35. The Labute approximate surface area is 173 Å². The van der Waals surface area contributed by atoms with Gasteiger partial charge in [-0.3, -0.25) is 0 Å². The van der Waals surface area contributed by atoms with Gasteiger partial charge in [0.1, 0.15) is 10.1 Å². The number of carbonyl (C=O) groups is 1. The molecule has 0 radical (unpaired) electrons. The molecule has 3 rings (SSSR count). The van der Waals surface area contributed by atoms with Gasteiger partial charge in [0.05, 0.1) is 5.56 Å². The van der Waals surface area contributed by atoms with Gasteiger partial charge in [0.15, 0.2) is 0 Å². The molecule has 4 nitrogen and oxygen atoms in total. The zero-order valence-electron chi connectivity index (χ0n) is 14.1. The molecule has 0 bridgehead atoms. The fourth-order valence-corrected chi connectivity index (χ4v) is 6.09. The van der Waals surface area contributed by atoms with Crippen molar-refractivity contribution in [3.8, 4) is 0 Å². The van der Waals surface area contributed by atoms with Crippen LogP contribution < -0.4 is 0 Å². The van der Waals surface area contributed by atoms with Crippen LogP contribution in [-0.4, -0.2) is 21.0 Å². The fraction of sp³-hybridized carbons (Fsp3) is 0.105. The predicted octanol–water partition coefficient (Wildman–Crippen LogP) is 6.06. The van der Waals surface area contributed by atoms with E-state index < -0.39 is 5.97 Å². The summed E-state index contributed by atoms with van der Waals surface area (Å²) < 4.78 is 0. The first-order chi connectivity index (χ1) is 13.2. The van der Waals surface area contributed by atoms with Crippen LogP contribution >= 0.6 is 43.2 Å². The van der Waals surface area contributed by atoms with Crippen LogP contribution in [0.5, 0.6) is 0 Å². The maximum absolute atomic E-state index is 11.5. The van der Waals surface area contributed by atoms with Crippen molar-refractivity contribution in [2.45, 2.75) is 21.6 Å².